The molecule has 0 fully saturated rings. The number of aryl methyl sites for hydroxylation is 1. The van der Waals surface area contributed by atoms with E-state index in [0.717, 1.165) is 5.75 Å². The minimum absolute atomic E-state index is 0.249. The van der Waals surface area contributed by atoms with E-state index in [-0.39, 0.29) is 5.75 Å². The first-order chi connectivity index (χ1) is 10.5. The van der Waals surface area contributed by atoms with Crippen LogP contribution in [0.5, 0.6) is 11.5 Å². The van der Waals surface area contributed by atoms with Crippen LogP contribution in [0.3, 0.4) is 0 Å². The predicted octanol–water partition coefficient (Wildman–Crippen LogP) is 4.82. The summed E-state index contributed by atoms with van der Waals surface area (Å²) in [5.41, 5.74) is 3.69. The number of aromatic hydroxyl groups is 1. The predicted molar refractivity (Wildman–Crippen MR) is 89.5 cm³/mol. The van der Waals surface area contributed by atoms with E-state index < -0.39 is 0 Å². The zero-order valence-corrected chi connectivity index (χ0v) is 13.2. The van der Waals surface area contributed by atoms with Crippen molar-refractivity contribution < 1.29 is 9.84 Å². The van der Waals surface area contributed by atoms with Gasteiger partial charge in [-0.3, -0.25) is 0 Å². The fourth-order valence-corrected chi connectivity index (χ4v) is 2.68. The molecule has 3 nitrogen and oxygen atoms in total. The molecule has 114 valence electrons. The van der Waals surface area contributed by atoms with Crippen LogP contribution in [-0.2, 0) is 6.61 Å². The summed E-state index contributed by atoms with van der Waals surface area (Å²) in [4.78, 5) is 0. The summed E-state index contributed by atoms with van der Waals surface area (Å²) in [6.45, 7) is 7.01. The minimum Gasteiger partial charge on any atom is -0.508 e. The van der Waals surface area contributed by atoms with E-state index in [4.69, 9.17) is 4.74 Å². The Morgan fingerprint density at radius 1 is 1.09 bits per heavy atom. The van der Waals surface area contributed by atoms with Crippen molar-refractivity contribution in [3.05, 3.63) is 59.8 Å². The zero-order valence-electron chi connectivity index (χ0n) is 13.2. The Kier molecular flexibility index (Phi) is 3.80. The molecule has 3 rings (SSSR count). The summed E-state index contributed by atoms with van der Waals surface area (Å²) < 4.78 is 8.14. The first-order valence-electron chi connectivity index (χ1n) is 7.56. The number of aromatic nitrogens is 1. The summed E-state index contributed by atoms with van der Waals surface area (Å²) in [6.07, 6.45) is 2.18. The topological polar surface area (TPSA) is 34.4 Å². The first-order valence-corrected chi connectivity index (χ1v) is 7.56. The van der Waals surface area contributed by atoms with Crippen LogP contribution in [0.4, 0.5) is 0 Å². The fraction of sp³-hybridized carbons (Fsp3) is 0.263. The molecule has 0 aliphatic rings. The van der Waals surface area contributed by atoms with E-state index in [1.54, 1.807) is 24.3 Å². The van der Waals surface area contributed by atoms with Crippen LogP contribution in [-0.4, -0.2) is 9.67 Å². The molecule has 0 aliphatic carbocycles. The van der Waals surface area contributed by atoms with Gasteiger partial charge in [-0.05, 0) is 56.7 Å². The molecule has 0 atom stereocenters. The van der Waals surface area contributed by atoms with Crippen molar-refractivity contribution in [3.63, 3.8) is 0 Å². The Bertz CT molecular complexity index is 785. The number of phenols is 1. The molecule has 0 aliphatic heterocycles. The molecule has 0 radical (unpaired) electrons. The molecule has 0 saturated heterocycles. The van der Waals surface area contributed by atoms with Gasteiger partial charge < -0.3 is 14.4 Å². The average molecular weight is 295 g/mol. The van der Waals surface area contributed by atoms with Crippen molar-refractivity contribution in [3.8, 4) is 11.5 Å². The minimum atomic E-state index is 0.249. The molecule has 22 heavy (non-hydrogen) atoms. The highest BCUT2D eigenvalue weighted by atomic mass is 16.5. The van der Waals surface area contributed by atoms with Crippen molar-refractivity contribution >= 4 is 10.9 Å². The third kappa shape index (κ3) is 2.80. The smallest absolute Gasteiger partial charge is 0.120 e. The molecule has 0 bridgehead atoms. The molecular formula is C19H21NO2. The van der Waals surface area contributed by atoms with Gasteiger partial charge in [-0.15, -0.1) is 0 Å². The van der Waals surface area contributed by atoms with Crippen molar-refractivity contribution in [2.24, 2.45) is 0 Å². The van der Waals surface area contributed by atoms with Crippen molar-refractivity contribution in [2.75, 3.05) is 0 Å². The highest BCUT2D eigenvalue weighted by Gasteiger charge is 2.11. The second-order valence-corrected chi connectivity index (χ2v) is 5.96. The summed E-state index contributed by atoms with van der Waals surface area (Å²) in [5.74, 6) is 1.01. The number of rotatable bonds is 4. The van der Waals surface area contributed by atoms with Crippen molar-refractivity contribution in [2.45, 2.75) is 33.4 Å². The lowest BCUT2D eigenvalue weighted by molar-refractivity contribution is 0.306. The van der Waals surface area contributed by atoms with E-state index >= 15 is 0 Å². The number of hydrogen-bond donors (Lipinski definition) is 1. The number of phenolic OH excluding ortho intramolecular Hbond substituents is 1. The zero-order chi connectivity index (χ0) is 15.7. The average Bonchev–Trinajstić information content (AvgIpc) is 2.85. The number of nitrogens with zero attached hydrogens (tertiary/aromatic N) is 1. The van der Waals surface area contributed by atoms with Gasteiger partial charge in [-0.2, -0.15) is 0 Å². The van der Waals surface area contributed by atoms with Gasteiger partial charge in [0.1, 0.15) is 18.1 Å². The molecule has 1 N–H and O–H groups in total. The van der Waals surface area contributed by atoms with Crippen LogP contribution in [0.2, 0.25) is 0 Å². The van der Waals surface area contributed by atoms with E-state index in [1.165, 1.54) is 22.0 Å². The number of hydrogen-bond acceptors (Lipinski definition) is 2. The summed E-state index contributed by atoms with van der Waals surface area (Å²) in [6, 6.07) is 13.8. The lowest BCUT2D eigenvalue weighted by atomic mass is 10.1. The maximum absolute atomic E-state index is 9.31. The maximum atomic E-state index is 9.31. The Morgan fingerprint density at radius 2 is 1.82 bits per heavy atom. The van der Waals surface area contributed by atoms with Crippen LogP contribution < -0.4 is 4.74 Å². The Balaban J connectivity index is 1.91. The fourth-order valence-electron chi connectivity index (χ4n) is 2.68. The maximum Gasteiger partial charge on any atom is 0.120 e. The van der Waals surface area contributed by atoms with E-state index in [1.807, 2.05) is 0 Å². The molecule has 0 spiro atoms. The quantitative estimate of drug-likeness (QED) is 0.749. The van der Waals surface area contributed by atoms with Crippen LogP contribution in [0.1, 0.15) is 31.0 Å². The second kappa shape index (κ2) is 5.76. The molecule has 0 saturated carbocycles. The third-order valence-corrected chi connectivity index (χ3v) is 3.86. The van der Waals surface area contributed by atoms with Crippen LogP contribution >= 0.6 is 0 Å². The van der Waals surface area contributed by atoms with Gasteiger partial charge >= 0.3 is 0 Å². The van der Waals surface area contributed by atoms with Gasteiger partial charge in [0.2, 0.25) is 0 Å². The normalized spacial score (nSPS) is 11.3. The highest BCUT2D eigenvalue weighted by Crippen LogP contribution is 2.27. The van der Waals surface area contributed by atoms with Crippen LogP contribution in [0, 0.1) is 6.92 Å². The monoisotopic (exact) mass is 295 g/mol. The lowest BCUT2D eigenvalue weighted by Crippen LogP contribution is -1.98. The summed E-state index contributed by atoms with van der Waals surface area (Å²) in [7, 11) is 0. The molecule has 1 heterocycles. The molecule has 3 aromatic rings. The number of fused-ring (bicyclic) bond motifs is 1. The Hall–Kier alpha value is -2.42. The van der Waals surface area contributed by atoms with Gasteiger partial charge in [0.05, 0.1) is 0 Å². The standard InChI is InChI=1S/C19H21NO2/c1-13(2)20-11-15(18-9-4-14(3)10-19(18)20)12-22-17-7-5-16(21)6-8-17/h4-11,13,21H,12H2,1-3H3. The van der Waals surface area contributed by atoms with Crippen molar-refractivity contribution in [1.29, 1.82) is 0 Å². The molecule has 0 amide bonds. The van der Waals surface area contributed by atoms with E-state index in [0.29, 0.717) is 12.6 Å². The van der Waals surface area contributed by atoms with Gasteiger partial charge in [0.15, 0.2) is 0 Å². The second-order valence-electron chi connectivity index (χ2n) is 5.96. The largest absolute Gasteiger partial charge is 0.508 e. The van der Waals surface area contributed by atoms with E-state index in [2.05, 4.69) is 49.7 Å². The lowest BCUT2D eigenvalue weighted by Gasteiger charge is -2.09. The highest BCUT2D eigenvalue weighted by molar-refractivity contribution is 5.84. The molecule has 1 aromatic heterocycles. The number of ether oxygens (including phenoxy) is 1. The molecule has 0 unspecified atom stereocenters. The molecule has 3 heteroatoms. The summed E-state index contributed by atoms with van der Waals surface area (Å²) in [5, 5.41) is 10.5. The Morgan fingerprint density at radius 3 is 2.50 bits per heavy atom. The van der Waals surface area contributed by atoms with Crippen molar-refractivity contribution in [1.82, 2.24) is 4.57 Å². The molecule has 2 aromatic carbocycles. The van der Waals surface area contributed by atoms with Gasteiger partial charge in [0, 0.05) is 28.7 Å². The van der Waals surface area contributed by atoms with Crippen LogP contribution in [0.25, 0.3) is 10.9 Å². The first kappa shape index (κ1) is 14.5. The molecular weight excluding hydrogens is 274 g/mol. The van der Waals surface area contributed by atoms with Gasteiger partial charge in [-0.1, -0.05) is 12.1 Å². The summed E-state index contributed by atoms with van der Waals surface area (Å²) >= 11 is 0. The van der Waals surface area contributed by atoms with E-state index in [9.17, 15) is 5.11 Å². The van der Waals surface area contributed by atoms with Crippen LogP contribution in [0.15, 0.2) is 48.7 Å². The third-order valence-electron chi connectivity index (χ3n) is 3.86. The Labute approximate surface area is 130 Å². The number of benzene rings is 2. The van der Waals surface area contributed by atoms with Gasteiger partial charge in [-0.25, -0.2) is 0 Å². The van der Waals surface area contributed by atoms with Gasteiger partial charge in [0.25, 0.3) is 0 Å². The SMILES string of the molecule is Cc1ccc2c(COc3ccc(O)cc3)cn(C(C)C)c2c1.